The molecule has 0 spiro atoms. The van der Waals surface area contributed by atoms with Crippen LogP contribution in [0.4, 0.5) is 11.4 Å². The number of aryl methyl sites for hydroxylation is 2. The van der Waals surface area contributed by atoms with Crippen LogP contribution in [0.25, 0.3) is 0 Å². The van der Waals surface area contributed by atoms with Gasteiger partial charge >= 0.3 is 0 Å². The average molecular weight is 174 g/mol. The number of aliphatic imine (C=N–C) groups is 1. The van der Waals surface area contributed by atoms with Crippen LogP contribution < -0.4 is 5.73 Å². The first-order valence-corrected chi connectivity index (χ1v) is 4.17. The van der Waals surface area contributed by atoms with E-state index < -0.39 is 0 Å². The van der Waals surface area contributed by atoms with Crippen LogP contribution in [0, 0.1) is 13.8 Å². The third-order valence-electron chi connectivity index (χ3n) is 1.78. The Morgan fingerprint density at radius 1 is 1.38 bits per heavy atom. The van der Waals surface area contributed by atoms with Crippen molar-refractivity contribution in [2.45, 2.75) is 13.8 Å². The zero-order valence-electron chi connectivity index (χ0n) is 8.04. The summed E-state index contributed by atoms with van der Waals surface area (Å²) in [4.78, 5) is 4.20. The summed E-state index contributed by atoms with van der Waals surface area (Å²) in [7, 11) is 0. The maximum absolute atomic E-state index is 5.81. The Kier molecular flexibility index (Phi) is 2.85. The van der Waals surface area contributed by atoms with Crippen LogP contribution in [-0.4, -0.2) is 6.21 Å². The molecule has 13 heavy (non-hydrogen) atoms. The number of nitrogens with two attached hydrogens (primary N) is 1. The van der Waals surface area contributed by atoms with Gasteiger partial charge in [-0.05, 0) is 31.0 Å². The Hall–Kier alpha value is -1.57. The predicted molar refractivity (Wildman–Crippen MR) is 58.7 cm³/mol. The standard InChI is InChI=1S/C11H14N2/c1-4-5-13-11-9(3)6-8(2)7-10(11)12/h4-7H,1,12H2,2-3H3. The molecule has 0 aliphatic heterocycles. The second-order valence-electron chi connectivity index (χ2n) is 3.03. The lowest BCUT2D eigenvalue weighted by Crippen LogP contribution is -1.89. The lowest BCUT2D eigenvalue weighted by molar-refractivity contribution is 1.35. The summed E-state index contributed by atoms with van der Waals surface area (Å²) in [5.41, 5.74) is 9.62. The molecule has 0 aliphatic carbocycles. The Labute approximate surface area is 78.8 Å². The average Bonchev–Trinajstić information content (AvgIpc) is 2.02. The Balaban J connectivity index is 3.20. The molecule has 1 rings (SSSR count). The minimum atomic E-state index is 0.718. The molecule has 0 unspecified atom stereocenters. The van der Waals surface area contributed by atoms with Gasteiger partial charge in [0.25, 0.3) is 0 Å². The number of nitrogens with zero attached hydrogens (tertiary/aromatic N) is 1. The summed E-state index contributed by atoms with van der Waals surface area (Å²) >= 11 is 0. The lowest BCUT2D eigenvalue weighted by atomic mass is 10.1. The van der Waals surface area contributed by atoms with Gasteiger partial charge in [-0.15, -0.1) is 0 Å². The number of nitrogen functional groups attached to an aromatic ring is 1. The van der Waals surface area contributed by atoms with Crippen LogP contribution in [0.15, 0.2) is 29.8 Å². The quantitative estimate of drug-likeness (QED) is 0.543. The second-order valence-corrected chi connectivity index (χ2v) is 3.03. The highest BCUT2D eigenvalue weighted by Gasteiger charge is 2.00. The second kappa shape index (κ2) is 3.90. The fourth-order valence-electron chi connectivity index (χ4n) is 1.30. The first-order valence-electron chi connectivity index (χ1n) is 4.17. The van der Waals surface area contributed by atoms with E-state index in [-0.39, 0.29) is 0 Å². The minimum Gasteiger partial charge on any atom is -0.397 e. The van der Waals surface area contributed by atoms with Crippen molar-refractivity contribution < 1.29 is 0 Å². The van der Waals surface area contributed by atoms with Crippen molar-refractivity contribution in [1.29, 1.82) is 0 Å². The van der Waals surface area contributed by atoms with Gasteiger partial charge in [0.1, 0.15) is 0 Å². The van der Waals surface area contributed by atoms with Crippen LogP contribution in [0.1, 0.15) is 11.1 Å². The van der Waals surface area contributed by atoms with Crippen molar-refractivity contribution in [2.24, 2.45) is 4.99 Å². The van der Waals surface area contributed by atoms with Gasteiger partial charge in [0, 0.05) is 6.21 Å². The monoisotopic (exact) mass is 174 g/mol. The van der Waals surface area contributed by atoms with Crippen LogP contribution >= 0.6 is 0 Å². The van der Waals surface area contributed by atoms with Gasteiger partial charge in [-0.2, -0.15) is 0 Å². The van der Waals surface area contributed by atoms with Gasteiger partial charge in [-0.3, -0.25) is 4.99 Å². The number of anilines is 1. The highest BCUT2D eigenvalue weighted by molar-refractivity contribution is 5.79. The molecule has 0 amide bonds. The van der Waals surface area contributed by atoms with E-state index in [2.05, 4.69) is 17.6 Å². The van der Waals surface area contributed by atoms with Crippen molar-refractivity contribution in [3.63, 3.8) is 0 Å². The summed E-state index contributed by atoms with van der Waals surface area (Å²) in [6.45, 7) is 7.58. The fraction of sp³-hybridized carbons (Fsp3) is 0.182. The lowest BCUT2D eigenvalue weighted by Gasteiger charge is -2.05. The summed E-state index contributed by atoms with van der Waals surface area (Å²) in [6.07, 6.45) is 3.28. The molecule has 0 radical (unpaired) electrons. The number of rotatable bonds is 2. The van der Waals surface area contributed by atoms with Crippen LogP contribution in [0.2, 0.25) is 0 Å². The van der Waals surface area contributed by atoms with Gasteiger partial charge in [-0.1, -0.05) is 18.7 Å². The zero-order valence-corrected chi connectivity index (χ0v) is 8.04. The van der Waals surface area contributed by atoms with E-state index in [1.807, 2.05) is 19.9 Å². The number of hydrogen-bond donors (Lipinski definition) is 1. The van der Waals surface area contributed by atoms with Crippen LogP contribution in [-0.2, 0) is 0 Å². The number of hydrogen-bond acceptors (Lipinski definition) is 2. The smallest absolute Gasteiger partial charge is 0.0888 e. The van der Waals surface area contributed by atoms with E-state index in [1.54, 1.807) is 12.3 Å². The molecular formula is C11H14N2. The van der Waals surface area contributed by atoms with Crippen molar-refractivity contribution in [3.05, 3.63) is 35.9 Å². The topological polar surface area (TPSA) is 38.4 Å². The van der Waals surface area contributed by atoms with Crippen LogP contribution in [0.3, 0.4) is 0 Å². The van der Waals surface area contributed by atoms with E-state index in [4.69, 9.17) is 5.73 Å². The molecule has 0 atom stereocenters. The maximum atomic E-state index is 5.81. The summed E-state index contributed by atoms with van der Waals surface area (Å²) in [5, 5.41) is 0. The molecule has 0 aliphatic rings. The molecule has 0 heterocycles. The van der Waals surface area contributed by atoms with E-state index in [9.17, 15) is 0 Å². The van der Waals surface area contributed by atoms with Crippen molar-refractivity contribution in [3.8, 4) is 0 Å². The highest BCUT2D eigenvalue weighted by atomic mass is 14.8. The first kappa shape index (κ1) is 9.52. The van der Waals surface area contributed by atoms with Crippen molar-refractivity contribution in [2.75, 3.05) is 5.73 Å². The molecule has 2 nitrogen and oxygen atoms in total. The number of allylic oxidation sites excluding steroid dienone is 1. The summed E-state index contributed by atoms with van der Waals surface area (Å²) in [6, 6.07) is 3.98. The predicted octanol–water partition coefficient (Wildman–Crippen LogP) is 2.77. The third-order valence-corrected chi connectivity index (χ3v) is 1.78. The van der Waals surface area contributed by atoms with Gasteiger partial charge in [0.15, 0.2) is 0 Å². The van der Waals surface area contributed by atoms with Crippen molar-refractivity contribution in [1.82, 2.24) is 0 Å². The molecule has 0 saturated heterocycles. The van der Waals surface area contributed by atoms with Crippen molar-refractivity contribution >= 4 is 17.6 Å². The maximum Gasteiger partial charge on any atom is 0.0888 e. The molecule has 0 bridgehead atoms. The molecule has 0 aromatic heterocycles. The SMILES string of the molecule is C=CC=Nc1c(C)cc(C)cc1N. The molecule has 0 fully saturated rings. The fourth-order valence-corrected chi connectivity index (χ4v) is 1.30. The van der Waals surface area contributed by atoms with Gasteiger partial charge < -0.3 is 5.73 Å². The van der Waals surface area contributed by atoms with Gasteiger partial charge in [0.2, 0.25) is 0 Å². The summed E-state index contributed by atoms with van der Waals surface area (Å²) in [5.74, 6) is 0. The molecule has 0 saturated carbocycles. The molecule has 1 aromatic carbocycles. The first-order chi connectivity index (χ1) is 6.15. The van der Waals surface area contributed by atoms with E-state index in [1.165, 1.54) is 0 Å². The Bertz CT molecular complexity index is 328. The van der Waals surface area contributed by atoms with Crippen LogP contribution in [0.5, 0.6) is 0 Å². The molecule has 2 heteroatoms. The van der Waals surface area contributed by atoms with E-state index in [0.29, 0.717) is 0 Å². The summed E-state index contributed by atoms with van der Waals surface area (Å²) < 4.78 is 0. The molecule has 1 aromatic rings. The minimum absolute atomic E-state index is 0.718. The Morgan fingerprint density at radius 3 is 2.62 bits per heavy atom. The highest BCUT2D eigenvalue weighted by Crippen LogP contribution is 2.27. The molecule has 2 N–H and O–H groups in total. The normalized spacial score (nSPS) is 10.6. The third kappa shape index (κ3) is 2.18. The largest absolute Gasteiger partial charge is 0.397 e. The molecular weight excluding hydrogens is 160 g/mol. The van der Waals surface area contributed by atoms with E-state index in [0.717, 1.165) is 22.5 Å². The van der Waals surface area contributed by atoms with Gasteiger partial charge in [-0.25, -0.2) is 0 Å². The Morgan fingerprint density at radius 2 is 2.08 bits per heavy atom. The number of benzene rings is 1. The van der Waals surface area contributed by atoms with E-state index >= 15 is 0 Å². The zero-order chi connectivity index (χ0) is 9.84. The molecule has 68 valence electrons. The van der Waals surface area contributed by atoms with Gasteiger partial charge in [0.05, 0.1) is 11.4 Å².